The Morgan fingerprint density at radius 2 is 0.519 bits per heavy atom. The normalized spacial score (nSPS) is 11.3. The summed E-state index contributed by atoms with van der Waals surface area (Å²) < 4.78 is 0. The Morgan fingerprint density at radius 1 is 0.296 bits per heavy atom. The average Bonchev–Trinajstić information content (AvgIpc) is 2.68. The molecule has 0 rings (SSSR count). The van der Waals surface area contributed by atoms with E-state index < -0.39 is 0 Å². The molecule has 0 aliphatic rings. The lowest BCUT2D eigenvalue weighted by Gasteiger charge is -2.05. The molecule has 0 aliphatic carbocycles. The molecule has 0 fully saturated rings. The van der Waals surface area contributed by atoms with E-state index in [0.717, 1.165) is 12.8 Å². The Morgan fingerprint density at radius 3 is 0.778 bits per heavy atom. The summed E-state index contributed by atoms with van der Waals surface area (Å²) in [5, 5.41) is 21.1. The second kappa shape index (κ2) is 25.9. The monoisotopic (exact) mass is 385 g/mol. The van der Waals surface area contributed by atoms with Gasteiger partial charge >= 0.3 is 0 Å². The molecule has 3 nitrogen and oxygen atoms in total. The lowest BCUT2D eigenvalue weighted by molar-refractivity contribution is 0.282. The Hall–Kier alpha value is -0.120. The van der Waals surface area contributed by atoms with Crippen LogP contribution in [0.2, 0.25) is 0 Å². The van der Waals surface area contributed by atoms with Gasteiger partial charge in [0.1, 0.15) is 0 Å². The quantitative estimate of drug-likeness (QED) is 0.169. The third kappa shape index (κ3) is 25.9. The first kappa shape index (κ1) is 26.9. The largest absolute Gasteiger partial charge is 0.396 e. The van der Waals surface area contributed by atoms with Crippen molar-refractivity contribution in [2.45, 2.75) is 128 Å². The van der Waals surface area contributed by atoms with Crippen LogP contribution in [0.1, 0.15) is 128 Å². The van der Waals surface area contributed by atoms with E-state index in [9.17, 15) is 0 Å². The summed E-state index contributed by atoms with van der Waals surface area (Å²) in [4.78, 5) is 0. The second-order valence-corrected chi connectivity index (χ2v) is 8.27. The van der Waals surface area contributed by atoms with E-state index in [-0.39, 0.29) is 0 Å². The van der Waals surface area contributed by atoms with Crippen molar-refractivity contribution in [3.8, 4) is 0 Å². The molecule has 0 aromatic carbocycles. The van der Waals surface area contributed by atoms with Crippen molar-refractivity contribution in [1.29, 1.82) is 0 Å². The summed E-state index contributed by atoms with van der Waals surface area (Å²) >= 11 is 0. The van der Waals surface area contributed by atoms with Crippen LogP contribution in [-0.4, -0.2) is 36.5 Å². The molecule has 3 N–H and O–H groups in total. The Labute approximate surface area is 170 Å². The maximum atomic E-state index is 8.73. The molecule has 0 saturated carbocycles. The zero-order valence-corrected chi connectivity index (χ0v) is 18.4. The third-order valence-electron chi connectivity index (χ3n) is 5.52. The average molecular weight is 386 g/mol. The minimum absolute atomic E-state index is 0.362. The van der Waals surface area contributed by atoms with Crippen molar-refractivity contribution < 1.29 is 10.2 Å². The second-order valence-electron chi connectivity index (χ2n) is 8.27. The predicted molar refractivity (Wildman–Crippen MR) is 119 cm³/mol. The fourth-order valence-electron chi connectivity index (χ4n) is 3.68. The molecular weight excluding hydrogens is 334 g/mol. The van der Waals surface area contributed by atoms with Crippen molar-refractivity contribution in [3.05, 3.63) is 0 Å². The van der Waals surface area contributed by atoms with Gasteiger partial charge in [-0.1, -0.05) is 103 Å². The molecule has 0 saturated heterocycles. The highest BCUT2D eigenvalue weighted by atomic mass is 16.3. The lowest BCUT2D eigenvalue weighted by Crippen LogP contribution is -2.16. The smallest absolute Gasteiger partial charge is 0.0431 e. The van der Waals surface area contributed by atoms with Crippen LogP contribution in [0.3, 0.4) is 0 Å². The fourth-order valence-corrected chi connectivity index (χ4v) is 3.68. The molecule has 0 bridgehead atoms. The molecule has 0 amide bonds. The van der Waals surface area contributed by atoms with Gasteiger partial charge in [-0.15, -0.1) is 0 Å². The molecule has 0 aromatic heterocycles. The van der Waals surface area contributed by atoms with Crippen LogP contribution < -0.4 is 5.32 Å². The molecule has 164 valence electrons. The molecule has 0 radical (unpaired) electrons. The zero-order valence-electron chi connectivity index (χ0n) is 18.4. The predicted octanol–water partition coefficient (Wildman–Crippen LogP) is 6.36. The van der Waals surface area contributed by atoms with Crippen LogP contribution in [0, 0.1) is 0 Å². The van der Waals surface area contributed by atoms with Gasteiger partial charge in [-0.3, -0.25) is 0 Å². The maximum absolute atomic E-state index is 8.73. The molecule has 0 heterocycles. The number of hydrogen-bond acceptors (Lipinski definition) is 3. The van der Waals surface area contributed by atoms with Gasteiger partial charge in [-0.2, -0.15) is 0 Å². The summed E-state index contributed by atoms with van der Waals surface area (Å²) in [7, 11) is 0. The fraction of sp³-hybridized carbons (Fsp3) is 1.00. The first-order valence-corrected chi connectivity index (χ1v) is 12.3. The summed E-state index contributed by atoms with van der Waals surface area (Å²) in [5.41, 5.74) is 0. The minimum atomic E-state index is 0.362. The van der Waals surface area contributed by atoms with Crippen LogP contribution in [0.15, 0.2) is 0 Å². The highest BCUT2D eigenvalue weighted by Crippen LogP contribution is 2.11. The third-order valence-corrected chi connectivity index (χ3v) is 5.52. The van der Waals surface area contributed by atoms with Crippen LogP contribution in [0.4, 0.5) is 0 Å². The van der Waals surface area contributed by atoms with Gasteiger partial charge in [0.05, 0.1) is 0 Å². The van der Waals surface area contributed by atoms with E-state index in [1.54, 1.807) is 0 Å². The van der Waals surface area contributed by atoms with Gasteiger partial charge in [0.25, 0.3) is 0 Å². The number of hydrogen-bond donors (Lipinski definition) is 3. The van der Waals surface area contributed by atoms with E-state index in [2.05, 4.69) is 5.32 Å². The summed E-state index contributed by atoms with van der Waals surface area (Å²) in [5.74, 6) is 0. The van der Waals surface area contributed by atoms with Crippen LogP contribution in [-0.2, 0) is 0 Å². The number of aliphatic hydroxyl groups excluding tert-OH is 2. The molecule has 27 heavy (non-hydrogen) atoms. The SMILES string of the molecule is OCCCCCCCCCCCCNCCCCCCCCCCCCO. The molecule has 0 atom stereocenters. The summed E-state index contributed by atoms with van der Waals surface area (Å²) in [6.45, 7) is 3.13. The van der Waals surface area contributed by atoms with Crippen molar-refractivity contribution >= 4 is 0 Å². The minimum Gasteiger partial charge on any atom is -0.396 e. The molecule has 0 aliphatic heterocycles. The highest BCUT2D eigenvalue weighted by molar-refractivity contribution is 4.53. The van der Waals surface area contributed by atoms with Crippen LogP contribution in [0.25, 0.3) is 0 Å². The number of nitrogens with one attached hydrogen (secondary N) is 1. The molecule has 0 aromatic rings. The van der Waals surface area contributed by atoms with Crippen LogP contribution >= 0.6 is 0 Å². The Bertz CT molecular complexity index is 225. The zero-order chi connectivity index (χ0) is 19.7. The summed E-state index contributed by atoms with van der Waals surface area (Å²) in [6, 6.07) is 0. The Balaban J connectivity index is 2.95. The standard InChI is InChI=1S/C24H51NO2/c26-23-19-15-11-7-3-1-5-9-13-17-21-25-22-18-14-10-6-2-4-8-12-16-20-24-27/h25-27H,1-24H2. The van der Waals surface area contributed by atoms with Crippen molar-refractivity contribution in [1.82, 2.24) is 5.32 Å². The first-order chi connectivity index (χ1) is 13.4. The Kier molecular flexibility index (Phi) is 25.8. The van der Waals surface area contributed by atoms with Crippen molar-refractivity contribution in [3.63, 3.8) is 0 Å². The number of rotatable bonds is 24. The highest BCUT2D eigenvalue weighted by Gasteiger charge is 1.95. The van der Waals surface area contributed by atoms with Gasteiger partial charge < -0.3 is 15.5 Å². The summed E-state index contributed by atoms with van der Waals surface area (Å²) in [6.07, 6.45) is 26.3. The van der Waals surface area contributed by atoms with Gasteiger partial charge in [-0.05, 0) is 38.8 Å². The van der Waals surface area contributed by atoms with E-state index in [0.29, 0.717) is 13.2 Å². The van der Waals surface area contributed by atoms with E-state index >= 15 is 0 Å². The lowest BCUT2D eigenvalue weighted by atomic mass is 10.1. The van der Waals surface area contributed by atoms with E-state index in [1.165, 1.54) is 129 Å². The number of unbranched alkanes of at least 4 members (excludes halogenated alkanes) is 18. The van der Waals surface area contributed by atoms with Crippen molar-refractivity contribution in [2.75, 3.05) is 26.3 Å². The molecule has 0 unspecified atom stereocenters. The first-order valence-electron chi connectivity index (χ1n) is 12.3. The van der Waals surface area contributed by atoms with Crippen molar-refractivity contribution in [2.24, 2.45) is 0 Å². The molecular formula is C24H51NO2. The van der Waals surface area contributed by atoms with Gasteiger partial charge in [0.2, 0.25) is 0 Å². The van der Waals surface area contributed by atoms with Gasteiger partial charge in [0, 0.05) is 13.2 Å². The maximum Gasteiger partial charge on any atom is 0.0431 e. The molecule has 0 spiro atoms. The van der Waals surface area contributed by atoms with E-state index in [4.69, 9.17) is 10.2 Å². The number of aliphatic hydroxyl groups is 2. The molecule has 3 heteroatoms. The van der Waals surface area contributed by atoms with Gasteiger partial charge in [-0.25, -0.2) is 0 Å². The van der Waals surface area contributed by atoms with Crippen LogP contribution in [0.5, 0.6) is 0 Å². The van der Waals surface area contributed by atoms with E-state index in [1.807, 2.05) is 0 Å². The van der Waals surface area contributed by atoms with Gasteiger partial charge in [0.15, 0.2) is 0 Å². The topological polar surface area (TPSA) is 52.5 Å².